The van der Waals surface area contributed by atoms with Crippen LogP contribution in [0.3, 0.4) is 0 Å². The van der Waals surface area contributed by atoms with Crippen LogP contribution in [-0.4, -0.2) is 36.9 Å². The van der Waals surface area contributed by atoms with Gasteiger partial charge < -0.3 is 5.32 Å². The molecule has 3 aromatic rings. The van der Waals surface area contributed by atoms with Crippen LogP contribution in [0.4, 0.5) is 5.82 Å². The molecular formula is C14H12N6OS. The second-order valence-corrected chi connectivity index (χ2v) is 5.20. The van der Waals surface area contributed by atoms with Gasteiger partial charge in [0.15, 0.2) is 0 Å². The Morgan fingerprint density at radius 2 is 1.95 bits per heavy atom. The van der Waals surface area contributed by atoms with E-state index >= 15 is 0 Å². The summed E-state index contributed by atoms with van der Waals surface area (Å²) in [4.78, 5) is 15.9. The summed E-state index contributed by atoms with van der Waals surface area (Å²) in [6.45, 7) is 0. The zero-order valence-electron chi connectivity index (χ0n) is 11.5. The van der Waals surface area contributed by atoms with Crippen molar-refractivity contribution in [3.05, 3.63) is 54.7 Å². The number of tetrazole rings is 1. The Morgan fingerprint density at radius 1 is 1.14 bits per heavy atom. The molecule has 0 aliphatic rings. The lowest BCUT2D eigenvalue weighted by atomic mass is 10.3. The van der Waals surface area contributed by atoms with E-state index in [1.165, 1.54) is 11.8 Å². The zero-order chi connectivity index (χ0) is 15.2. The summed E-state index contributed by atoms with van der Waals surface area (Å²) in [5.41, 5.74) is 0.847. The first-order chi connectivity index (χ1) is 10.8. The number of nitrogens with zero attached hydrogens (tertiary/aromatic N) is 5. The Labute approximate surface area is 130 Å². The van der Waals surface area contributed by atoms with Crippen molar-refractivity contribution in [1.29, 1.82) is 0 Å². The SMILES string of the molecule is O=C(CSc1nnnn1-c1ccccc1)Nc1ccccn1. The first-order valence-electron chi connectivity index (χ1n) is 6.50. The summed E-state index contributed by atoms with van der Waals surface area (Å²) in [7, 11) is 0. The van der Waals surface area contributed by atoms with E-state index in [4.69, 9.17) is 0 Å². The molecule has 1 amide bonds. The minimum Gasteiger partial charge on any atom is -0.310 e. The first kappa shape index (κ1) is 14.2. The fourth-order valence-electron chi connectivity index (χ4n) is 1.75. The molecule has 2 heterocycles. The molecule has 0 spiro atoms. The Hall–Kier alpha value is -2.74. The predicted molar refractivity (Wildman–Crippen MR) is 82.7 cm³/mol. The van der Waals surface area contributed by atoms with E-state index in [1.54, 1.807) is 23.0 Å². The van der Waals surface area contributed by atoms with Crippen molar-refractivity contribution in [2.75, 3.05) is 11.1 Å². The minimum atomic E-state index is -0.161. The van der Waals surface area contributed by atoms with Gasteiger partial charge in [-0.05, 0) is 34.7 Å². The lowest BCUT2D eigenvalue weighted by Gasteiger charge is -2.05. The van der Waals surface area contributed by atoms with E-state index in [0.29, 0.717) is 11.0 Å². The smallest absolute Gasteiger partial charge is 0.236 e. The first-order valence-corrected chi connectivity index (χ1v) is 7.49. The number of para-hydroxylation sites is 1. The molecule has 0 unspecified atom stereocenters. The number of rotatable bonds is 5. The van der Waals surface area contributed by atoms with Crippen LogP contribution in [0.5, 0.6) is 0 Å². The Morgan fingerprint density at radius 3 is 2.73 bits per heavy atom. The maximum atomic E-state index is 11.9. The van der Waals surface area contributed by atoms with Gasteiger partial charge in [-0.2, -0.15) is 4.68 Å². The van der Waals surface area contributed by atoms with Gasteiger partial charge in [-0.1, -0.05) is 36.0 Å². The summed E-state index contributed by atoms with van der Waals surface area (Å²) >= 11 is 1.26. The highest BCUT2D eigenvalue weighted by Crippen LogP contribution is 2.18. The summed E-state index contributed by atoms with van der Waals surface area (Å²) in [5, 5.41) is 14.8. The molecule has 1 N–H and O–H groups in total. The number of benzene rings is 1. The van der Waals surface area contributed by atoms with Gasteiger partial charge in [0.05, 0.1) is 11.4 Å². The third-order valence-corrected chi connectivity index (χ3v) is 3.63. The molecule has 7 nitrogen and oxygen atoms in total. The normalized spacial score (nSPS) is 10.4. The monoisotopic (exact) mass is 312 g/mol. The average Bonchev–Trinajstić information content (AvgIpc) is 3.03. The van der Waals surface area contributed by atoms with Crippen LogP contribution in [0.2, 0.25) is 0 Å². The maximum absolute atomic E-state index is 11.9. The molecule has 2 aromatic heterocycles. The maximum Gasteiger partial charge on any atom is 0.236 e. The summed E-state index contributed by atoms with van der Waals surface area (Å²) in [6, 6.07) is 14.9. The molecule has 0 saturated carbocycles. The van der Waals surface area contributed by atoms with Crippen LogP contribution in [0.25, 0.3) is 5.69 Å². The van der Waals surface area contributed by atoms with Crippen molar-refractivity contribution in [1.82, 2.24) is 25.2 Å². The third-order valence-electron chi connectivity index (χ3n) is 2.71. The van der Waals surface area contributed by atoms with E-state index in [2.05, 4.69) is 25.8 Å². The molecule has 0 radical (unpaired) electrons. The second kappa shape index (κ2) is 6.81. The Balaban J connectivity index is 1.63. The van der Waals surface area contributed by atoms with Crippen molar-refractivity contribution >= 4 is 23.5 Å². The van der Waals surface area contributed by atoms with E-state index in [-0.39, 0.29) is 11.7 Å². The molecule has 1 aromatic carbocycles. The summed E-state index contributed by atoms with van der Waals surface area (Å²) < 4.78 is 1.60. The average molecular weight is 312 g/mol. The van der Waals surface area contributed by atoms with Gasteiger partial charge in [-0.25, -0.2) is 4.98 Å². The highest BCUT2D eigenvalue weighted by atomic mass is 32.2. The van der Waals surface area contributed by atoms with Crippen molar-refractivity contribution in [3.63, 3.8) is 0 Å². The minimum absolute atomic E-state index is 0.161. The van der Waals surface area contributed by atoms with E-state index in [1.807, 2.05) is 36.4 Å². The van der Waals surface area contributed by atoms with E-state index in [0.717, 1.165) is 5.69 Å². The van der Waals surface area contributed by atoms with Gasteiger partial charge in [0.25, 0.3) is 0 Å². The number of carbonyl (C=O) groups excluding carboxylic acids is 1. The van der Waals surface area contributed by atoms with Crippen molar-refractivity contribution in [2.24, 2.45) is 0 Å². The number of aromatic nitrogens is 5. The number of hydrogen-bond donors (Lipinski definition) is 1. The summed E-state index contributed by atoms with van der Waals surface area (Å²) in [6.07, 6.45) is 1.62. The summed E-state index contributed by atoms with van der Waals surface area (Å²) in [5.74, 6) is 0.561. The number of hydrogen-bond acceptors (Lipinski definition) is 6. The van der Waals surface area contributed by atoms with Crippen LogP contribution < -0.4 is 5.32 Å². The fraction of sp³-hybridized carbons (Fsp3) is 0.0714. The Bertz CT molecular complexity index is 746. The predicted octanol–water partition coefficient (Wildman–Crippen LogP) is 1.79. The zero-order valence-corrected chi connectivity index (χ0v) is 12.3. The van der Waals surface area contributed by atoms with Gasteiger partial charge in [0.2, 0.25) is 11.1 Å². The van der Waals surface area contributed by atoms with Gasteiger partial charge in [0.1, 0.15) is 5.82 Å². The molecule has 3 rings (SSSR count). The largest absolute Gasteiger partial charge is 0.310 e. The molecule has 8 heteroatoms. The van der Waals surface area contributed by atoms with Crippen molar-refractivity contribution in [3.8, 4) is 5.69 Å². The highest BCUT2D eigenvalue weighted by Gasteiger charge is 2.11. The molecular weight excluding hydrogens is 300 g/mol. The molecule has 22 heavy (non-hydrogen) atoms. The van der Waals surface area contributed by atoms with Crippen molar-refractivity contribution in [2.45, 2.75) is 5.16 Å². The number of anilines is 1. The van der Waals surface area contributed by atoms with Crippen LogP contribution in [0.15, 0.2) is 59.9 Å². The molecule has 0 aliphatic heterocycles. The highest BCUT2D eigenvalue weighted by molar-refractivity contribution is 7.99. The van der Waals surface area contributed by atoms with Gasteiger partial charge in [0, 0.05) is 6.20 Å². The second-order valence-electron chi connectivity index (χ2n) is 4.26. The van der Waals surface area contributed by atoms with E-state index in [9.17, 15) is 4.79 Å². The van der Waals surface area contributed by atoms with Gasteiger partial charge in [-0.15, -0.1) is 5.10 Å². The molecule has 0 bridgehead atoms. The van der Waals surface area contributed by atoms with Crippen LogP contribution in [0, 0.1) is 0 Å². The number of thioether (sulfide) groups is 1. The van der Waals surface area contributed by atoms with Crippen LogP contribution >= 0.6 is 11.8 Å². The molecule has 0 fully saturated rings. The molecule has 0 saturated heterocycles. The Kier molecular flexibility index (Phi) is 4.40. The lowest BCUT2D eigenvalue weighted by Crippen LogP contribution is -2.15. The van der Waals surface area contributed by atoms with Crippen LogP contribution in [0.1, 0.15) is 0 Å². The fourth-order valence-corrected chi connectivity index (χ4v) is 2.44. The van der Waals surface area contributed by atoms with Crippen molar-refractivity contribution < 1.29 is 4.79 Å². The molecule has 110 valence electrons. The van der Waals surface area contributed by atoms with Gasteiger partial charge in [-0.3, -0.25) is 4.79 Å². The van der Waals surface area contributed by atoms with E-state index < -0.39 is 0 Å². The van der Waals surface area contributed by atoms with Crippen LogP contribution in [-0.2, 0) is 4.79 Å². The van der Waals surface area contributed by atoms with Gasteiger partial charge >= 0.3 is 0 Å². The number of amides is 1. The number of pyridine rings is 1. The number of carbonyl (C=O) groups is 1. The standard InChI is InChI=1S/C14H12N6OS/c21-13(16-12-8-4-5-9-15-12)10-22-14-17-18-19-20(14)11-6-2-1-3-7-11/h1-9H,10H2,(H,15,16,21). The quantitative estimate of drug-likeness (QED) is 0.723. The molecule has 0 atom stereocenters. The lowest BCUT2D eigenvalue weighted by molar-refractivity contribution is -0.113. The molecule has 0 aliphatic carbocycles. The third kappa shape index (κ3) is 3.47. The number of nitrogens with one attached hydrogen (secondary N) is 1. The topological polar surface area (TPSA) is 85.6 Å².